The van der Waals surface area contributed by atoms with Gasteiger partial charge in [-0.3, -0.25) is 9.59 Å². The van der Waals surface area contributed by atoms with Crippen LogP contribution in [-0.2, 0) is 14.3 Å². The number of morpholine rings is 1. The van der Waals surface area contributed by atoms with Crippen molar-refractivity contribution in [1.29, 1.82) is 0 Å². The fourth-order valence-electron chi connectivity index (χ4n) is 5.03. The van der Waals surface area contributed by atoms with Crippen LogP contribution in [0.15, 0.2) is 60.7 Å². The van der Waals surface area contributed by atoms with Gasteiger partial charge in [0, 0.05) is 38.0 Å². The molecule has 2 aliphatic heterocycles. The summed E-state index contributed by atoms with van der Waals surface area (Å²) in [4.78, 5) is 30.5. The van der Waals surface area contributed by atoms with Gasteiger partial charge in [-0.1, -0.05) is 55.5 Å². The third-order valence-corrected chi connectivity index (χ3v) is 7.22. The quantitative estimate of drug-likeness (QED) is 0.590. The maximum atomic E-state index is 13.4. The van der Waals surface area contributed by atoms with Crippen molar-refractivity contribution in [1.82, 2.24) is 9.80 Å². The summed E-state index contributed by atoms with van der Waals surface area (Å²) in [5, 5.41) is 0. The molecule has 0 radical (unpaired) electrons. The normalized spacial score (nSPS) is 18.9. The van der Waals surface area contributed by atoms with Crippen LogP contribution in [0.2, 0.25) is 0 Å². The van der Waals surface area contributed by atoms with E-state index >= 15 is 0 Å². The van der Waals surface area contributed by atoms with Gasteiger partial charge in [0.05, 0.1) is 25.7 Å². The van der Waals surface area contributed by atoms with Gasteiger partial charge in [-0.15, -0.1) is 0 Å². The Hall–Kier alpha value is -2.86. The molecule has 0 aromatic heterocycles. The zero-order valence-electron chi connectivity index (χ0n) is 20.2. The summed E-state index contributed by atoms with van der Waals surface area (Å²) in [6.45, 7) is 6.33. The highest BCUT2D eigenvalue weighted by Crippen LogP contribution is 2.38. The highest BCUT2D eigenvalue weighted by Gasteiger charge is 2.40. The van der Waals surface area contributed by atoms with E-state index in [2.05, 4.69) is 6.92 Å². The Morgan fingerprint density at radius 3 is 2.15 bits per heavy atom. The van der Waals surface area contributed by atoms with Gasteiger partial charge in [-0.05, 0) is 37.0 Å². The Morgan fingerprint density at radius 1 is 0.912 bits per heavy atom. The second-order valence-corrected chi connectivity index (χ2v) is 9.47. The molecular formula is C28H36N2O4. The number of hydrogen-bond donors (Lipinski definition) is 0. The van der Waals surface area contributed by atoms with Crippen LogP contribution >= 0.6 is 0 Å². The van der Waals surface area contributed by atoms with Gasteiger partial charge in [0.25, 0.3) is 0 Å². The SMILES string of the molecule is CC[C@@H](C(=O)N1CCC(COc2ccccc2)(CC(=O)N2CCOCC2)CC1)c1ccccc1. The van der Waals surface area contributed by atoms with Crippen LogP contribution in [-0.4, -0.2) is 67.6 Å². The minimum atomic E-state index is -0.281. The predicted octanol–water partition coefficient (Wildman–Crippen LogP) is 4.12. The van der Waals surface area contributed by atoms with Crippen molar-refractivity contribution in [2.75, 3.05) is 46.0 Å². The van der Waals surface area contributed by atoms with Crippen molar-refractivity contribution < 1.29 is 19.1 Å². The molecule has 0 bridgehead atoms. The molecule has 2 aromatic rings. The van der Waals surface area contributed by atoms with Crippen LogP contribution in [0.25, 0.3) is 0 Å². The molecule has 0 aliphatic carbocycles. The van der Waals surface area contributed by atoms with Crippen LogP contribution in [0.5, 0.6) is 5.75 Å². The number of benzene rings is 2. The van der Waals surface area contributed by atoms with Crippen molar-refractivity contribution in [3.05, 3.63) is 66.2 Å². The molecule has 1 atom stereocenters. The van der Waals surface area contributed by atoms with Crippen molar-refractivity contribution in [2.24, 2.45) is 5.41 Å². The largest absolute Gasteiger partial charge is 0.493 e. The molecule has 4 rings (SSSR count). The molecule has 0 unspecified atom stereocenters. The first-order valence-corrected chi connectivity index (χ1v) is 12.5. The van der Waals surface area contributed by atoms with E-state index in [0.29, 0.717) is 52.4 Å². The number of carbonyl (C=O) groups is 2. The van der Waals surface area contributed by atoms with Gasteiger partial charge in [0.2, 0.25) is 11.8 Å². The number of likely N-dealkylation sites (tertiary alicyclic amines) is 1. The van der Waals surface area contributed by atoms with Crippen LogP contribution < -0.4 is 4.74 Å². The first kappa shape index (κ1) is 24.3. The van der Waals surface area contributed by atoms with E-state index in [1.165, 1.54) is 0 Å². The zero-order chi connectivity index (χ0) is 23.8. The summed E-state index contributed by atoms with van der Waals surface area (Å²) in [5.74, 6) is 1.04. The first-order chi connectivity index (χ1) is 16.6. The predicted molar refractivity (Wildman–Crippen MR) is 132 cm³/mol. The number of amides is 2. The number of ether oxygens (including phenoxy) is 2. The Balaban J connectivity index is 1.44. The maximum absolute atomic E-state index is 13.4. The lowest BCUT2D eigenvalue weighted by Crippen LogP contribution is -2.50. The van der Waals surface area contributed by atoms with Crippen LogP contribution in [0.1, 0.15) is 44.1 Å². The van der Waals surface area contributed by atoms with Gasteiger partial charge in [0.1, 0.15) is 5.75 Å². The van der Waals surface area contributed by atoms with E-state index in [-0.39, 0.29) is 23.1 Å². The third kappa shape index (κ3) is 5.98. The van der Waals surface area contributed by atoms with Crippen LogP contribution in [0, 0.1) is 5.41 Å². The lowest BCUT2D eigenvalue weighted by atomic mass is 9.75. The lowest BCUT2D eigenvalue weighted by Gasteiger charge is -2.43. The van der Waals surface area contributed by atoms with E-state index in [1.807, 2.05) is 70.5 Å². The summed E-state index contributed by atoms with van der Waals surface area (Å²) in [6, 6.07) is 19.8. The molecule has 34 heavy (non-hydrogen) atoms. The summed E-state index contributed by atoms with van der Waals surface area (Å²) in [5.41, 5.74) is 0.790. The number of carbonyl (C=O) groups excluding carboxylic acids is 2. The lowest BCUT2D eigenvalue weighted by molar-refractivity contribution is -0.141. The number of nitrogens with zero attached hydrogens (tertiary/aromatic N) is 2. The average Bonchev–Trinajstić information content (AvgIpc) is 2.90. The van der Waals surface area contributed by atoms with E-state index in [0.717, 1.165) is 30.6 Å². The Morgan fingerprint density at radius 2 is 1.53 bits per heavy atom. The van der Waals surface area contributed by atoms with Gasteiger partial charge in [0.15, 0.2) is 0 Å². The number of hydrogen-bond acceptors (Lipinski definition) is 4. The monoisotopic (exact) mass is 464 g/mol. The van der Waals surface area contributed by atoms with Crippen molar-refractivity contribution in [3.8, 4) is 5.75 Å². The minimum absolute atomic E-state index is 0.121. The third-order valence-electron chi connectivity index (χ3n) is 7.22. The molecule has 2 heterocycles. The summed E-state index contributed by atoms with van der Waals surface area (Å²) in [6.07, 6.45) is 2.73. The van der Waals surface area contributed by atoms with E-state index in [4.69, 9.17) is 9.47 Å². The first-order valence-electron chi connectivity index (χ1n) is 12.5. The highest BCUT2D eigenvalue weighted by molar-refractivity contribution is 5.84. The topological polar surface area (TPSA) is 59.1 Å². The Labute approximate surface area is 202 Å². The summed E-state index contributed by atoms with van der Waals surface area (Å²) >= 11 is 0. The van der Waals surface area contributed by atoms with Crippen LogP contribution in [0.3, 0.4) is 0 Å². The van der Waals surface area contributed by atoms with Crippen LogP contribution in [0.4, 0.5) is 0 Å². The summed E-state index contributed by atoms with van der Waals surface area (Å²) in [7, 11) is 0. The number of para-hydroxylation sites is 1. The fourth-order valence-corrected chi connectivity index (χ4v) is 5.03. The Kier molecular flexibility index (Phi) is 8.22. The highest BCUT2D eigenvalue weighted by atomic mass is 16.5. The Bertz CT molecular complexity index is 920. The molecule has 0 spiro atoms. The minimum Gasteiger partial charge on any atom is -0.493 e. The number of rotatable bonds is 8. The average molecular weight is 465 g/mol. The van der Waals surface area contributed by atoms with Gasteiger partial charge in [-0.2, -0.15) is 0 Å². The molecule has 2 aromatic carbocycles. The van der Waals surface area contributed by atoms with Crippen molar-refractivity contribution in [2.45, 2.75) is 38.5 Å². The molecule has 2 fully saturated rings. The smallest absolute Gasteiger partial charge is 0.230 e. The molecule has 0 N–H and O–H groups in total. The van der Waals surface area contributed by atoms with E-state index in [1.54, 1.807) is 0 Å². The molecule has 6 heteroatoms. The second-order valence-electron chi connectivity index (χ2n) is 9.47. The molecule has 6 nitrogen and oxygen atoms in total. The van der Waals surface area contributed by atoms with Gasteiger partial charge in [-0.25, -0.2) is 0 Å². The molecule has 2 saturated heterocycles. The van der Waals surface area contributed by atoms with E-state index in [9.17, 15) is 9.59 Å². The van der Waals surface area contributed by atoms with E-state index < -0.39 is 0 Å². The standard InChI is InChI=1S/C28H36N2O4/c1-2-25(23-9-5-3-6-10-23)27(32)30-15-13-28(14-16-30,22-34-24-11-7-4-8-12-24)21-26(31)29-17-19-33-20-18-29/h3-12,25H,2,13-22H2,1H3/t25-/m1/s1. The molecular weight excluding hydrogens is 428 g/mol. The molecule has 2 aliphatic rings. The second kappa shape index (κ2) is 11.5. The number of piperidine rings is 1. The van der Waals surface area contributed by atoms with Gasteiger partial charge < -0.3 is 19.3 Å². The van der Waals surface area contributed by atoms with Gasteiger partial charge >= 0.3 is 0 Å². The summed E-state index contributed by atoms with van der Waals surface area (Å²) < 4.78 is 11.6. The van der Waals surface area contributed by atoms with Crippen molar-refractivity contribution >= 4 is 11.8 Å². The maximum Gasteiger partial charge on any atom is 0.230 e. The molecule has 182 valence electrons. The fraction of sp³-hybridized carbons (Fsp3) is 0.500. The van der Waals surface area contributed by atoms with Crippen molar-refractivity contribution in [3.63, 3.8) is 0 Å². The molecule has 2 amide bonds. The molecule has 0 saturated carbocycles. The zero-order valence-corrected chi connectivity index (χ0v) is 20.2.